The van der Waals surface area contributed by atoms with E-state index in [1.54, 1.807) is 19.0 Å². The molecule has 5 aromatic rings. The number of rotatable bonds is 8. The van der Waals surface area contributed by atoms with Crippen molar-refractivity contribution in [1.29, 1.82) is 0 Å². The van der Waals surface area contributed by atoms with Crippen LogP contribution < -0.4 is 16.2 Å². The predicted octanol–water partition coefficient (Wildman–Crippen LogP) is 6.20. The third-order valence-corrected chi connectivity index (χ3v) is 12.8. The van der Waals surface area contributed by atoms with Crippen molar-refractivity contribution < 1.29 is 28.4 Å². The van der Waals surface area contributed by atoms with Crippen LogP contribution in [0.3, 0.4) is 0 Å². The number of amides is 2. The number of nitrogens with zero attached hydrogens (tertiary/aromatic N) is 2. The van der Waals surface area contributed by atoms with E-state index in [1.165, 1.54) is 11.1 Å². The van der Waals surface area contributed by atoms with Crippen molar-refractivity contribution in [3.8, 4) is 5.75 Å². The van der Waals surface area contributed by atoms with Gasteiger partial charge in [-0.05, 0) is 97.1 Å². The molecule has 1 spiro atoms. The fraction of sp³-hybridized carbons (Fsp3) is 0.326. The summed E-state index contributed by atoms with van der Waals surface area (Å²) in [5.74, 6) is 2.38. The van der Waals surface area contributed by atoms with Crippen molar-refractivity contribution in [1.82, 2.24) is 14.8 Å². The van der Waals surface area contributed by atoms with E-state index in [4.69, 9.17) is 25.5 Å². The number of aromatic amines is 1. The van der Waals surface area contributed by atoms with Gasteiger partial charge in [-0.1, -0.05) is 66.7 Å². The van der Waals surface area contributed by atoms with Gasteiger partial charge in [-0.15, -0.1) is 0 Å². The summed E-state index contributed by atoms with van der Waals surface area (Å²) >= 11 is 0. The minimum atomic E-state index is -1.41. The number of carbonyl (C=O) groups excluding carboxylic acids is 3. The number of carbonyl (C=O) groups is 3. The van der Waals surface area contributed by atoms with Crippen molar-refractivity contribution in [3.63, 3.8) is 0 Å². The molecule has 4 aliphatic heterocycles. The van der Waals surface area contributed by atoms with Gasteiger partial charge in [-0.3, -0.25) is 14.4 Å². The van der Waals surface area contributed by atoms with Crippen molar-refractivity contribution in [2.24, 2.45) is 11.5 Å². The van der Waals surface area contributed by atoms with E-state index in [2.05, 4.69) is 29.2 Å². The summed E-state index contributed by atoms with van der Waals surface area (Å²) in [5, 5.41) is 0.725. The van der Waals surface area contributed by atoms with Crippen LogP contribution in [0.25, 0.3) is 17.0 Å². The van der Waals surface area contributed by atoms with Crippen LogP contribution in [0.15, 0.2) is 97.0 Å². The Morgan fingerprint density at radius 1 is 0.845 bits per heavy atom. The SMILES string of the molecule is C[C@@]1(c2cccc3[nH]c(C(=O)N4CCC(c5cccc(CN)c5)CC4)cc23)OB(/C=C/c2cccc(C(=O)N3CCC4(CC3)COc3ccc(CN)cc34)c2)OC1=O. The van der Waals surface area contributed by atoms with Gasteiger partial charge in [0.2, 0.25) is 0 Å². The summed E-state index contributed by atoms with van der Waals surface area (Å²) in [6.07, 6.45) is 5.20. The fourth-order valence-electron chi connectivity index (χ4n) is 9.26. The summed E-state index contributed by atoms with van der Waals surface area (Å²) in [6, 6.07) is 29.4. The summed E-state index contributed by atoms with van der Waals surface area (Å²) in [5.41, 5.74) is 18.2. The monoisotopic (exact) mass is 777 g/mol. The largest absolute Gasteiger partial charge is 0.558 e. The number of benzene rings is 4. The van der Waals surface area contributed by atoms with Crippen molar-refractivity contribution in [2.75, 3.05) is 32.8 Å². The molecule has 296 valence electrons. The van der Waals surface area contributed by atoms with Crippen LogP contribution in [0.5, 0.6) is 5.75 Å². The van der Waals surface area contributed by atoms with Gasteiger partial charge >= 0.3 is 13.1 Å². The quantitative estimate of drug-likeness (QED) is 0.158. The smallest absolute Gasteiger partial charge is 0.504 e. The molecule has 3 fully saturated rings. The van der Waals surface area contributed by atoms with E-state index < -0.39 is 18.7 Å². The second-order valence-corrected chi connectivity index (χ2v) is 16.3. The molecule has 0 bridgehead atoms. The Kier molecular flexibility index (Phi) is 9.95. The molecule has 0 unspecified atom stereocenters. The van der Waals surface area contributed by atoms with Crippen molar-refractivity contribution in [2.45, 2.75) is 62.6 Å². The second-order valence-electron chi connectivity index (χ2n) is 16.3. The highest BCUT2D eigenvalue weighted by atomic mass is 16.7. The molecule has 0 aliphatic carbocycles. The fourth-order valence-corrected chi connectivity index (χ4v) is 9.26. The highest BCUT2D eigenvalue weighted by Crippen LogP contribution is 2.46. The summed E-state index contributed by atoms with van der Waals surface area (Å²) in [4.78, 5) is 48.1. The first kappa shape index (κ1) is 37.9. The lowest BCUT2D eigenvalue weighted by atomic mass is 9.74. The van der Waals surface area contributed by atoms with Crippen LogP contribution in [0.2, 0.25) is 0 Å². The highest BCUT2D eigenvalue weighted by molar-refractivity contribution is 6.55. The highest BCUT2D eigenvalue weighted by Gasteiger charge is 2.50. The van der Waals surface area contributed by atoms with Gasteiger partial charge in [0.15, 0.2) is 5.60 Å². The maximum Gasteiger partial charge on any atom is 0.558 e. The second kappa shape index (κ2) is 15.2. The molecule has 1 atom stereocenters. The number of nitrogens with one attached hydrogen (secondary N) is 1. The lowest BCUT2D eigenvalue weighted by molar-refractivity contribution is -0.142. The molecule has 12 heteroatoms. The van der Waals surface area contributed by atoms with Crippen molar-refractivity contribution >= 4 is 41.9 Å². The maximum atomic E-state index is 13.7. The summed E-state index contributed by atoms with van der Waals surface area (Å²) in [6.45, 7) is 5.88. The first-order chi connectivity index (χ1) is 28.2. The molecule has 58 heavy (non-hydrogen) atoms. The number of ether oxygens (including phenoxy) is 1. The molecule has 3 saturated heterocycles. The molecule has 2 amide bonds. The number of likely N-dealkylation sites (tertiary alicyclic amines) is 2. The van der Waals surface area contributed by atoms with E-state index in [0.717, 1.165) is 59.0 Å². The van der Waals surface area contributed by atoms with Gasteiger partial charge in [0.1, 0.15) is 11.4 Å². The van der Waals surface area contributed by atoms with Crippen LogP contribution in [-0.2, 0) is 38.2 Å². The predicted molar refractivity (Wildman–Crippen MR) is 223 cm³/mol. The number of hydrogen-bond donors (Lipinski definition) is 3. The van der Waals surface area contributed by atoms with Crippen LogP contribution in [0, 0.1) is 0 Å². The minimum absolute atomic E-state index is 0.0217. The van der Waals surface area contributed by atoms with Crippen LogP contribution in [0.4, 0.5) is 0 Å². The number of fused-ring (bicyclic) bond motifs is 3. The average Bonchev–Trinajstić information content (AvgIpc) is 3.95. The molecular weight excluding hydrogens is 729 g/mol. The Morgan fingerprint density at radius 2 is 1.59 bits per heavy atom. The molecule has 0 saturated carbocycles. The van der Waals surface area contributed by atoms with E-state index in [9.17, 15) is 14.4 Å². The van der Waals surface area contributed by atoms with Crippen molar-refractivity contribution in [3.05, 3.63) is 142 Å². The minimum Gasteiger partial charge on any atom is -0.504 e. The molecular formula is C46H48BN5O6. The Bertz CT molecular complexity index is 2430. The number of aromatic nitrogens is 1. The zero-order chi connectivity index (χ0) is 40.0. The average molecular weight is 778 g/mol. The number of piperidine rings is 2. The Labute approximate surface area is 338 Å². The van der Waals surface area contributed by atoms with Gasteiger partial charge in [0, 0.05) is 72.3 Å². The van der Waals surface area contributed by atoms with Crippen LogP contribution >= 0.6 is 0 Å². The Morgan fingerprint density at radius 3 is 2.38 bits per heavy atom. The molecule has 4 aliphatic rings. The first-order valence-corrected chi connectivity index (χ1v) is 20.3. The first-order valence-electron chi connectivity index (χ1n) is 20.3. The Hall–Kier alpha value is -5.69. The van der Waals surface area contributed by atoms with E-state index in [0.29, 0.717) is 68.6 Å². The van der Waals surface area contributed by atoms with E-state index in [-0.39, 0.29) is 17.2 Å². The van der Waals surface area contributed by atoms with Crippen LogP contribution in [-0.4, -0.2) is 72.5 Å². The van der Waals surface area contributed by atoms with Gasteiger partial charge in [-0.2, -0.15) is 0 Å². The molecule has 4 aromatic carbocycles. The third kappa shape index (κ3) is 6.88. The molecule has 5 N–H and O–H groups in total. The summed E-state index contributed by atoms with van der Waals surface area (Å²) < 4.78 is 18.1. The van der Waals surface area contributed by atoms with Crippen LogP contribution in [0.1, 0.15) is 92.8 Å². The van der Waals surface area contributed by atoms with Gasteiger partial charge < -0.3 is 40.3 Å². The number of nitrogens with two attached hydrogens (primary N) is 2. The normalized spacial score (nSPS) is 20.5. The summed E-state index contributed by atoms with van der Waals surface area (Å²) in [7, 11) is -0.950. The zero-order valence-electron chi connectivity index (χ0n) is 32.7. The standard InChI is InChI=1S/C46H48BN5O6/c1-45(37-9-4-10-39-36(37)26-40(50-39)43(54)51-19-14-33(15-20-51)34-7-3-6-31(24-34)27-48)44(55)57-47(58-45)18-13-30-5-2-8-35(23-30)42(53)52-21-16-46(17-22-52)29-56-41-12-11-32(28-49)25-38(41)46/h2-13,18,23-26,33,50H,14-17,19-22,27-29,48-49H2,1H3/b18-13+/t45-/m0/s1. The lowest BCUT2D eigenvalue weighted by Crippen LogP contribution is -2.46. The molecule has 1 aromatic heterocycles. The Balaban J connectivity index is 0.845. The zero-order valence-corrected chi connectivity index (χ0v) is 32.7. The van der Waals surface area contributed by atoms with Gasteiger partial charge in [0.25, 0.3) is 11.8 Å². The molecule has 0 radical (unpaired) electrons. The number of H-pyrrole nitrogens is 1. The third-order valence-electron chi connectivity index (χ3n) is 12.8. The van der Waals surface area contributed by atoms with Gasteiger partial charge in [-0.25, -0.2) is 0 Å². The number of hydrogen-bond acceptors (Lipinski definition) is 8. The van der Waals surface area contributed by atoms with E-state index >= 15 is 0 Å². The molecule has 5 heterocycles. The maximum absolute atomic E-state index is 13.7. The van der Waals surface area contributed by atoms with E-state index in [1.807, 2.05) is 76.5 Å². The van der Waals surface area contributed by atoms with Gasteiger partial charge in [0.05, 0.1) is 6.61 Å². The molecule has 9 rings (SSSR count). The topological polar surface area (TPSA) is 153 Å². The lowest BCUT2D eigenvalue weighted by Gasteiger charge is -2.38. The molecule has 11 nitrogen and oxygen atoms in total.